The van der Waals surface area contributed by atoms with Gasteiger partial charge in [0.05, 0.1) is 0 Å². The van der Waals surface area contributed by atoms with Crippen molar-refractivity contribution >= 4 is 17.9 Å². The summed E-state index contributed by atoms with van der Waals surface area (Å²) in [5.74, 6) is -2.20. The van der Waals surface area contributed by atoms with Gasteiger partial charge < -0.3 is 14.9 Å². The lowest BCUT2D eigenvalue weighted by atomic mass is 9.76. The Balaban J connectivity index is 0.000000873. The molecule has 2 aromatic carbocycles. The lowest BCUT2D eigenvalue weighted by molar-refractivity contribution is -0.104. The fourth-order valence-corrected chi connectivity index (χ4v) is 4.78. The van der Waals surface area contributed by atoms with Crippen LogP contribution in [0.4, 0.5) is 23.2 Å². The van der Waals surface area contributed by atoms with E-state index in [1.807, 2.05) is 45.9 Å². The van der Waals surface area contributed by atoms with E-state index >= 15 is 0 Å². The molecule has 1 spiro atoms. The maximum atomic E-state index is 13.6. The Labute approximate surface area is 254 Å². The van der Waals surface area contributed by atoms with E-state index in [9.17, 15) is 27.2 Å². The number of rotatable bonds is 5. The average molecular weight is 609 g/mol. The number of likely N-dealkylation sites (tertiary alicyclic amines) is 1. The highest BCUT2D eigenvalue weighted by Gasteiger charge is 2.45. The van der Waals surface area contributed by atoms with Crippen LogP contribution in [0, 0.1) is 11.6 Å². The zero-order chi connectivity index (χ0) is 32.8. The van der Waals surface area contributed by atoms with Crippen molar-refractivity contribution in [2.75, 3.05) is 51.5 Å². The van der Waals surface area contributed by atoms with Gasteiger partial charge in [-0.3, -0.25) is 9.59 Å². The highest BCUT2D eigenvalue weighted by molar-refractivity contribution is 6.07. The Morgan fingerprint density at radius 3 is 2.21 bits per heavy atom. The zero-order valence-electron chi connectivity index (χ0n) is 26.4. The molecule has 1 amide bonds. The number of carbonyl (C=O) groups is 2. The largest absolute Gasteiger partial charge is 0.397 e. The third kappa shape index (κ3) is 12.1. The van der Waals surface area contributed by atoms with Crippen molar-refractivity contribution in [3.8, 4) is 0 Å². The lowest BCUT2D eigenvalue weighted by Crippen LogP contribution is -2.37. The van der Waals surface area contributed by atoms with Gasteiger partial charge in [-0.05, 0) is 82.2 Å². The number of anilines is 1. The van der Waals surface area contributed by atoms with Gasteiger partial charge in [-0.1, -0.05) is 58.0 Å². The number of allylic oxidation sites excluding steroid dienone is 4. The number of aldehydes is 1. The Hall–Kier alpha value is -3.30. The molecule has 43 heavy (non-hydrogen) atoms. The summed E-state index contributed by atoms with van der Waals surface area (Å²) in [7, 11) is 2.13. The van der Waals surface area contributed by atoms with E-state index in [1.165, 1.54) is 17.7 Å². The van der Waals surface area contributed by atoms with E-state index < -0.39 is 25.0 Å². The van der Waals surface area contributed by atoms with Gasteiger partial charge in [-0.25, -0.2) is 17.6 Å². The minimum atomic E-state index is -0.992. The molecule has 0 radical (unpaired) electrons. The smallest absolute Gasteiger partial charge is 0.258 e. The van der Waals surface area contributed by atoms with Crippen LogP contribution in [0.15, 0.2) is 66.3 Å². The zero-order valence-corrected chi connectivity index (χ0v) is 26.4. The molecule has 2 aliphatic rings. The first-order valence-electron chi connectivity index (χ1n) is 14.9. The molecule has 1 saturated heterocycles. The molecule has 2 heterocycles. The molecule has 1 unspecified atom stereocenters. The van der Waals surface area contributed by atoms with Gasteiger partial charge in [-0.15, -0.1) is 0 Å². The second kappa shape index (κ2) is 22.3. The van der Waals surface area contributed by atoms with Crippen LogP contribution in [0.2, 0.25) is 0 Å². The Morgan fingerprint density at radius 1 is 0.977 bits per heavy atom. The maximum absolute atomic E-state index is 13.6. The summed E-state index contributed by atoms with van der Waals surface area (Å²) >= 11 is 0. The number of hydrogen-bond donors (Lipinski definition) is 1. The average Bonchev–Trinajstić information content (AvgIpc) is 3.23. The van der Waals surface area contributed by atoms with Crippen LogP contribution in [0.1, 0.15) is 69.8 Å². The summed E-state index contributed by atoms with van der Waals surface area (Å²) in [5.41, 5.74) is 2.38. The molecule has 1 N–H and O–H groups in total. The summed E-state index contributed by atoms with van der Waals surface area (Å²) in [4.78, 5) is 27.1. The monoisotopic (exact) mass is 608 g/mol. The van der Waals surface area contributed by atoms with Crippen LogP contribution in [0.5, 0.6) is 0 Å². The number of aliphatic hydroxyl groups excluding tert-OH is 1. The summed E-state index contributed by atoms with van der Waals surface area (Å²) in [5, 5.41) is 7.57. The molecule has 5 nitrogen and oxygen atoms in total. The van der Waals surface area contributed by atoms with Gasteiger partial charge in [0.1, 0.15) is 19.6 Å². The van der Waals surface area contributed by atoms with E-state index in [0.29, 0.717) is 12.8 Å². The van der Waals surface area contributed by atoms with E-state index in [4.69, 9.17) is 5.11 Å². The van der Waals surface area contributed by atoms with Gasteiger partial charge in [0.2, 0.25) is 0 Å². The maximum Gasteiger partial charge on any atom is 0.258 e. The van der Waals surface area contributed by atoms with Gasteiger partial charge in [-0.2, -0.15) is 0 Å². The SMILES string of the molecule is CC.CC.CCO.CN1CCCC2(CC1)CN(C(=O)c1ccc(F)c(F)c1)c1ccccc12.O=CC(/C=C\CF)=C/CF. The lowest BCUT2D eigenvalue weighted by Gasteiger charge is -2.29. The molecular formula is C34H48F4N2O3. The van der Waals surface area contributed by atoms with Crippen LogP contribution in [-0.4, -0.2) is 68.8 Å². The third-order valence-corrected chi connectivity index (χ3v) is 6.65. The highest BCUT2D eigenvalue weighted by atomic mass is 19.2. The van der Waals surface area contributed by atoms with E-state index in [2.05, 4.69) is 18.0 Å². The number of nitrogens with zero attached hydrogens (tertiary/aromatic N) is 2. The summed E-state index contributed by atoms with van der Waals surface area (Å²) in [6.07, 6.45) is 7.05. The third-order valence-electron chi connectivity index (χ3n) is 6.65. The molecule has 1 atom stereocenters. The Bertz CT molecular complexity index is 1160. The van der Waals surface area contributed by atoms with Crippen molar-refractivity contribution in [3.63, 3.8) is 0 Å². The number of amides is 1. The number of hydrogen-bond acceptors (Lipinski definition) is 4. The van der Waals surface area contributed by atoms with Crippen molar-refractivity contribution < 1.29 is 32.3 Å². The predicted octanol–water partition coefficient (Wildman–Crippen LogP) is 7.64. The van der Waals surface area contributed by atoms with Crippen molar-refractivity contribution in [2.45, 2.75) is 59.3 Å². The molecule has 2 aliphatic heterocycles. The first-order chi connectivity index (χ1) is 20.8. The van der Waals surface area contributed by atoms with E-state index in [0.717, 1.165) is 62.3 Å². The van der Waals surface area contributed by atoms with Crippen LogP contribution < -0.4 is 4.90 Å². The van der Waals surface area contributed by atoms with Crippen LogP contribution in [0.25, 0.3) is 0 Å². The molecular weight excluding hydrogens is 560 g/mol. The van der Waals surface area contributed by atoms with Crippen molar-refractivity contribution in [3.05, 3.63) is 89.0 Å². The molecule has 4 rings (SSSR count). The first kappa shape index (κ1) is 39.7. The van der Waals surface area contributed by atoms with Crippen LogP contribution in [0.3, 0.4) is 0 Å². The second-order valence-electron chi connectivity index (χ2n) is 9.32. The van der Waals surface area contributed by atoms with Gasteiger partial charge >= 0.3 is 0 Å². The highest BCUT2D eigenvalue weighted by Crippen LogP contribution is 2.47. The summed E-state index contributed by atoms with van der Waals surface area (Å²) in [6.45, 7) is 11.2. The normalized spacial score (nSPS) is 17.6. The molecule has 0 aliphatic carbocycles. The number of carbonyl (C=O) groups excluding carboxylic acids is 2. The fraction of sp³-hybridized carbons (Fsp3) is 0.471. The number of aliphatic hydroxyl groups is 1. The van der Waals surface area contributed by atoms with Gasteiger partial charge in [0.15, 0.2) is 11.6 Å². The summed E-state index contributed by atoms with van der Waals surface area (Å²) < 4.78 is 49.8. The minimum absolute atomic E-state index is 0.0599. The molecule has 0 bridgehead atoms. The molecule has 2 aromatic rings. The molecule has 240 valence electrons. The van der Waals surface area contributed by atoms with Crippen molar-refractivity contribution in [1.29, 1.82) is 0 Å². The van der Waals surface area contributed by atoms with Gasteiger partial charge in [0, 0.05) is 35.4 Å². The number of halogens is 4. The minimum Gasteiger partial charge on any atom is -0.397 e. The standard InChI is InChI=1S/C21H22F2N2O.C7H8F2O.C2H6O.2C2H6/c1-24-11-4-9-21(10-12-24)14-25(19-6-3-2-5-16(19)21)20(26)15-7-8-17(22)18(23)13-15;8-4-1-2-7(6-10)3-5-9;1-2-3;2*1-2/h2-3,5-8,13H,4,9-12,14H2,1H3;1-3,6H,4-5H2;3H,2H2,1H3;2*1-2H3/b;2-1-,7-3+;;;. The Kier molecular flexibility index (Phi) is 20.6. The number of alkyl halides is 2. The predicted molar refractivity (Wildman–Crippen MR) is 168 cm³/mol. The first-order valence-corrected chi connectivity index (χ1v) is 14.9. The van der Waals surface area contributed by atoms with E-state index in [-0.39, 0.29) is 29.1 Å². The fourth-order valence-electron chi connectivity index (χ4n) is 4.78. The number of benzene rings is 2. The Morgan fingerprint density at radius 2 is 1.63 bits per heavy atom. The molecule has 0 saturated carbocycles. The number of fused-ring (bicyclic) bond motifs is 2. The van der Waals surface area contributed by atoms with Crippen LogP contribution >= 0.6 is 0 Å². The summed E-state index contributed by atoms with van der Waals surface area (Å²) in [6, 6.07) is 11.4. The molecule has 0 aromatic heterocycles. The molecule has 1 fully saturated rings. The van der Waals surface area contributed by atoms with Crippen molar-refractivity contribution in [1.82, 2.24) is 4.90 Å². The van der Waals surface area contributed by atoms with Gasteiger partial charge in [0.25, 0.3) is 5.91 Å². The van der Waals surface area contributed by atoms with Crippen molar-refractivity contribution in [2.24, 2.45) is 0 Å². The quantitative estimate of drug-likeness (QED) is 0.164. The molecule has 9 heteroatoms. The topological polar surface area (TPSA) is 60.9 Å². The van der Waals surface area contributed by atoms with E-state index in [1.54, 1.807) is 11.8 Å². The van der Waals surface area contributed by atoms with Crippen LogP contribution in [-0.2, 0) is 10.2 Å². The number of para-hydroxylation sites is 1. The second-order valence-corrected chi connectivity index (χ2v) is 9.32.